The van der Waals surface area contributed by atoms with Crippen molar-refractivity contribution in [2.24, 2.45) is 0 Å². The van der Waals surface area contributed by atoms with Gasteiger partial charge >= 0.3 is 0 Å². The van der Waals surface area contributed by atoms with E-state index < -0.39 is 101 Å². The molecule has 0 aliphatic carbocycles. The van der Waals surface area contributed by atoms with Crippen molar-refractivity contribution in [1.29, 1.82) is 0 Å². The number of aromatic nitrogens is 2. The first-order valence-corrected chi connectivity index (χ1v) is 23.5. The number of pyridine rings is 1. The van der Waals surface area contributed by atoms with E-state index in [9.17, 15) is 11.0 Å². The minimum atomic E-state index is -0.912. The van der Waals surface area contributed by atoms with Crippen LogP contribution in [0.5, 0.6) is 11.5 Å². The predicted octanol–water partition coefficient (Wildman–Crippen LogP) is 18.1. The second-order valence-corrected chi connectivity index (χ2v) is 20.8. The Morgan fingerprint density at radius 1 is 0.479 bits per heavy atom. The van der Waals surface area contributed by atoms with E-state index in [1.807, 2.05) is 47.4 Å². The van der Waals surface area contributed by atoms with Crippen LogP contribution in [0.15, 0.2) is 200 Å². The van der Waals surface area contributed by atoms with Gasteiger partial charge < -0.3 is 14.5 Å². The van der Waals surface area contributed by atoms with E-state index in [0.717, 1.165) is 33.6 Å². The van der Waals surface area contributed by atoms with Crippen LogP contribution >= 0.6 is 0 Å². The zero-order valence-electron chi connectivity index (χ0n) is 59.1. The predicted molar refractivity (Wildman–Crippen MR) is 300 cm³/mol. The van der Waals surface area contributed by atoms with Gasteiger partial charge in [-0.05, 0) is 116 Å². The number of anilines is 4. The number of fused-ring (bicyclic) bond motifs is 4. The number of benzene rings is 8. The smallest absolute Gasteiger partial charge is 0.137 e. The molecule has 0 spiro atoms. The summed E-state index contributed by atoms with van der Waals surface area (Å²) in [5.74, 6) is -0.325. The van der Waals surface area contributed by atoms with Crippen LogP contribution in [0.1, 0.15) is 104 Å². The van der Waals surface area contributed by atoms with E-state index in [1.54, 1.807) is 45.0 Å². The third-order valence-electron chi connectivity index (χ3n) is 12.8. The van der Waals surface area contributed by atoms with Crippen LogP contribution in [0.4, 0.5) is 22.7 Å². The van der Waals surface area contributed by atoms with Gasteiger partial charge in [-0.15, -0.1) is 0 Å². The van der Waals surface area contributed by atoms with Gasteiger partial charge in [-0.25, -0.2) is 4.98 Å². The van der Waals surface area contributed by atoms with E-state index >= 15 is 0 Å². The van der Waals surface area contributed by atoms with Crippen LogP contribution in [-0.2, 0) is 16.2 Å². The molecule has 5 nitrogen and oxygen atoms in total. The Labute approximate surface area is 444 Å². The lowest BCUT2D eigenvalue weighted by atomic mass is 9.78. The van der Waals surface area contributed by atoms with Crippen molar-refractivity contribution in [2.75, 3.05) is 16.5 Å². The molecule has 0 bridgehead atoms. The van der Waals surface area contributed by atoms with Gasteiger partial charge in [-0.3, -0.25) is 4.57 Å². The maximum atomic E-state index is 9.76. The molecule has 8 aromatic carbocycles. The van der Waals surface area contributed by atoms with Crippen LogP contribution in [0.3, 0.4) is 0 Å². The summed E-state index contributed by atoms with van der Waals surface area (Å²) >= 11 is 0. The fraction of sp³-hybridized carbons (Fsp3) is 0.197. The van der Waals surface area contributed by atoms with Crippen molar-refractivity contribution < 1.29 is 29.4 Å². The van der Waals surface area contributed by atoms with Crippen LogP contribution in [0.25, 0.3) is 61.0 Å². The highest BCUT2D eigenvalue weighted by atomic mass is 16.5. The molecular weight excluding hydrogens is 865 g/mol. The highest BCUT2D eigenvalue weighted by Crippen LogP contribution is 2.51. The van der Waals surface area contributed by atoms with Crippen LogP contribution < -0.4 is 14.5 Å². The number of rotatable bonds is 8. The average Bonchev–Trinajstić information content (AvgIpc) is 1.59. The fourth-order valence-corrected chi connectivity index (χ4v) is 8.99. The van der Waals surface area contributed by atoms with Crippen molar-refractivity contribution in [1.82, 2.24) is 9.55 Å². The molecular formula is C66H62N4O. The van der Waals surface area contributed by atoms with Gasteiger partial charge in [0.2, 0.25) is 0 Å². The van der Waals surface area contributed by atoms with Crippen molar-refractivity contribution in [3.05, 3.63) is 217 Å². The van der Waals surface area contributed by atoms with Gasteiger partial charge in [0.05, 0.1) is 52.8 Å². The summed E-state index contributed by atoms with van der Waals surface area (Å²) in [4.78, 5) is 8.50. The monoisotopic (exact) mass is 945 g/mol. The molecule has 0 unspecified atom stereocenters. The van der Waals surface area contributed by atoms with Gasteiger partial charge in [0.1, 0.15) is 24.0 Å². The first-order valence-electron chi connectivity index (χ1n) is 32.5. The zero-order chi connectivity index (χ0) is 64.9. The number of nitrogens with zero attached hydrogens (tertiary/aromatic N) is 4. The van der Waals surface area contributed by atoms with Crippen LogP contribution in [0.2, 0.25) is 0 Å². The first kappa shape index (κ1) is 29.3. The summed E-state index contributed by atoms with van der Waals surface area (Å²) in [6.07, 6.45) is -0.535. The molecule has 0 saturated carbocycles. The van der Waals surface area contributed by atoms with E-state index in [2.05, 4.69) is 69.6 Å². The zero-order valence-corrected chi connectivity index (χ0v) is 41.1. The normalized spacial score (nSPS) is 16.6. The van der Waals surface area contributed by atoms with E-state index in [4.69, 9.17) is 18.4 Å². The van der Waals surface area contributed by atoms with E-state index in [0.29, 0.717) is 16.9 Å². The van der Waals surface area contributed by atoms with E-state index in [-0.39, 0.29) is 91.9 Å². The topological polar surface area (TPSA) is 33.5 Å². The lowest BCUT2D eigenvalue weighted by Gasteiger charge is -2.29. The molecule has 10 aromatic rings. The standard InChI is InChI=1S/C66H62N4O/c1-64(2,3)48-34-35-67-62(40-48)70-58-33-30-46(44-20-12-10-13-21-44)38-57(58)56-32-31-53(42-61(56)70)71-52-25-18-24-51(41-52)68-43-69(60-29-17-16-28-59(60)68)63-54(45-22-14-11-15-23-45)26-19-27-55(63)47-36-49(65(4,5)6)39-50(37-47)66(7,8)9/h10-42H,43H2,1-9H3/i10D,11D,12D,13D,14D,15D,20D,21D,22D,23D,30D,31D,32D,33D,34D,35D,38D,40D. The fourth-order valence-electron chi connectivity index (χ4n) is 8.99. The second kappa shape index (κ2) is 17.5. The van der Waals surface area contributed by atoms with Gasteiger partial charge in [-0.1, -0.05) is 183 Å². The lowest BCUT2D eigenvalue weighted by molar-refractivity contribution is 0.483. The number of hydrogen-bond donors (Lipinski definition) is 0. The minimum absolute atomic E-state index is 0.0311. The van der Waals surface area contributed by atoms with Crippen LogP contribution in [0, 0.1) is 0 Å². The summed E-state index contributed by atoms with van der Waals surface area (Å²) in [5.41, 5.74) is 4.17. The Hall–Kier alpha value is -7.89. The summed E-state index contributed by atoms with van der Waals surface area (Å²) in [6.45, 7) is 18.3. The van der Waals surface area contributed by atoms with Gasteiger partial charge in [0.25, 0.3) is 0 Å². The van der Waals surface area contributed by atoms with Gasteiger partial charge in [0, 0.05) is 45.9 Å². The molecule has 352 valence electrons. The minimum Gasteiger partial charge on any atom is -0.457 e. The number of para-hydroxylation sites is 3. The molecule has 2 aromatic heterocycles. The molecule has 1 aliphatic heterocycles. The summed E-state index contributed by atoms with van der Waals surface area (Å²) in [5, 5.41) is -0.394. The SMILES string of the molecule is [2H]c1nc(-n2c3cc(Oc4cccc(N5CN(c6c(-c7cc(C(C)(C)C)cc(C(C)(C)C)c7)cccc6-c6c([2H])c([2H])c([2H])c([2H])c6[2H])c6ccccc65)c4)c([2H])c([2H])c3c3c([2H])c(-c4c([2H])c([2H])c([2H])c([2H])c4[2H])c([2H])c([2H])c32)c([2H])c(C(C)(C)C)c1[2H]. The molecule has 5 heteroatoms. The second-order valence-electron chi connectivity index (χ2n) is 20.8. The number of hydrogen-bond acceptors (Lipinski definition) is 4. The van der Waals surface area contributed by atoms with Crippen molar-refractivity contribution in [3.63, 3.8) is 0 Å². The summed E-state index contributed by atoms with van der Waals surface area (Å²) < 4.78 is 171. The molecule has 0 N–H and O–H groups in total. The molecule has 0 atom stereocenters. The Balaban J connectivity index is 1.11. The molecule has 0 saturated heterocycles. The van der Waals surface area contributed by atoms with Gasteiger partial charge in [-0.2, -0.15) is 0 Å². The Kier molecular flexibility index (Phi) is 7.23. The van der Waals surface area contributed by atoms with Crippen molar-refractivity contribution >= 4 is 44.6 Å². The highest BCUT2D eigenvalue weighted by molar-refractivity contribution is 6.11. The Bertz CT molecular complexity index is 4600. The third kappa shape index (κ3) is 8.65. The largest absolute Gasteiger partial charge is 0.457 e. The molecule has 3 heterocycles. The quantitative estimate of drug-likeness (QED) is 0.152. The first-order chi connectivity index (χ1) is 41.6. The summed E-state index contributed by atoms with van der Waals surface area (Å²) in [6, 6.07) is 18.6. The summed E-state index contributed by atoms with van der Waals surface area (Å²) in [7, 11) is 0. The van der Waals surface area contributed by atoms with E-state index in [1.165, 1.54) is 10.6 Å². The van der Waals surface area contributed by atoms with Crippen LogP contribution in [-0.4, -0.2) is 16.2 Å². The molecule has 0 amide bonds. The molecule has 0 fully saturated rings. The maximum absolute atomic E-state index is 9.76. The maximum Gasteiger partial charge on any atom is 0.137 e. The average molecular weight is 945 g/mol. The molecule has 0 radical (unpaired) electrons. The Morgan fingerprint density at radius 2 is 1.11 bits per heavy atom. The lowest BCUT2D eigenvalue weighted by Crippen LogP contribution is -2.25. The Morgan fingerprint density at radius 3 is 1.79 bits per heavy atom. The third-order valence-corrected chi connectivity index (χ3v) is 12.8. The molecule has 1 aliphatic rings. The number of ether oxygens (including phenoxy) is 1. The molecule has 11 rings (SSSR count). The van der Waals surface area contributed by atoms with Crippen molar-refractivity contribution in [3.8, 4) is 50.7 Å². The van der Waals surface area contributed by atoms with Gasteiger partial charge in [0.15, 0.2) is 0 Å². The highest BCUT2D eigenvalue weighted by Gasteiger charge is 2.32. The van der Waals surface area contributed by atoms with Crippen molar-refractivity contribution in [2.45, 2.75) is 78.6 Å². The molecule has 71 heavy (non-hydrogen) atoms.